The van der Waals surface area contributed by atoms with E-state index < -0.39 is 18.0 Å². The van der Waals surface area contributed by atoms with Crippen LogP contribution < -0.4 is 34.7 Å². The van der Waals surface area contributed by atoms with Gasteiger partial charge < -0.3 is 24.6 Å². The van der Waals surface area contributed by atoms with Gasteiger partial charge in [-0.1, -0.05) is 0 Å². The maximum atomic E-state index is 12.1. The second-order valence-electron chi connectivity index (χ2n) is 5.82. The number of aliphatic carboxylic acids is 1. The van der Waals surface area contributed by atoms with Gasteiger partial charge in [0.2, 0.25) is 5.91 Å². The first kappa shape index (κ1) is 17.0. The minimum Gasteiger partial charge on any atom is -0.543 e. The van der Waals surface area contributed by atoms with Gasteiger partial charge in [-0.2, -0.15) is 0 Å². The van der Waals surface area contributed by atoms with Crippen molar-refractivity contribution >= 4 is 11.9 Å². The number of carbonyl (C=O) groups is 2. The van der Waals surface area contributed by atoms with Crippen LogP contribution in [0.4, 0.5) is 0 Å². The topological polar surface area (TPSA) is 89.9 Å². The molecule has 110 valence electrons. The largest absolute Gasteiger partial charge is 1.00 e. The molecule has 1 N–H and O–H groups in total. The number of hydrogen-bond acceptors (Lipinski definition) is 5. The number of aliphatic hydroxyl groups excluding tert-OH is 1. The summed E-state index contributed by atoms with van der Waals surface area (Å²) in [6, 6.07) is -0.247. The van der Waals surface area contributed by atoms with E-state index >= 15 is 0 Å². The van der Waals surface area contributed by atoms with Crippen molar-refractivity contribution in [3.05, 3.63) is 11.3 Å². The number of carboxylic acids is 1. The van der Waals surface area contributed by atoms with Crippen LogP contribution in [0.25, 0.3) is 0 Å². The predicted molar refractivity (Wildman–Crippen MR) is 66.0 cm³/mol. The van der Waals surface area contributed by atoms with Gasteiger partial charge in [-0.15, -0.1) is 0 Å². The molecule has 1 aliphatic carbocycles. The number of ether oxygens (including phenoxy) is 1. The number of aliphatic hydroxyl groups is 1. The van der Waals surface area contributed by atoms with Crippen LogP contribution in [0.1, 0.15) is 26.2 Å². The number of fused-ring (bicyclic) bond motifs is 3. The number of methoxy groups -OCH3 is 1. The summed E-state index contributed by atoms with van der Waals surface area (Å²) in [6.07, 6.45) is 1.47. The van der Waals surface area contributed by atoms with Crippen molar-refractivity contribution in [3.63, 3.8) is 0 Å². The number of rotatable bonds is 3. The number of nitrogens with zero attached hydrogens (tertiary/aromatic N) is 1. The summed E-state index contributed by atoms with van der Waals surface area (Å²) in [4.78, 5) is 24.9. The van der Waals surface area contributed by atoms with Gasteiger partial charge in [0.15, 0.2) is 0 Å². The molecule has 0 aromatic carbocycles. The van der Waals surface area contributed by atoms with Crippen LogP contribution in [0.2, 0.25) is 0 Å². The molecule has 21 heavy (non-hydrogen) atoms. The fraction of sp³-hybridized carbons (Fsp3) is 0.714. The molecule has 0 bridgehead atoms. The normalized spacial score (nSPS) is 35.6. The van der Waals surface area contributed by atoms with Gasteiger partial charge in [-0.05, 0) is 31.8 Å². The predicted octanol–water partition coefficient (Wildman–Crippen LogP) is -3.97. The van der Waals surface area contributed by atoms with Crippen LogP contribution in [-0.2, 0) is 14.3 Å². The van der Waals surface area contributed by atoms with E-state index in [9.17, 15) is 19.8 Å². The average molecular weight is 303 g/mol. The average Bonchev–Trinajstić information content (AvgIpc) is 2.69. The van der Waals surface area contributed by atoms with Gasteiger partial charge in [0, 0.05) is 13.0 Å². The third-order valence-corrected chi connectivity index (χ3v) is 4.84. The Morgan fingerprint density at radius 1 is 1.48 bits per heavy atom. The van der Waals surface area contributed by atoms with Gasteiger partial charge in [-0.25, -0.2) is 0 Å². The molecule has 3 rings (SSSR count). The Morgan fingerprint density at radius 2 is 2.14 bits per heavy atom. The Hall–Kier alpha value is -0.400. The molecule has 1 saturated carbocycles. The van der Waals surface area contributed by atoms with Crippen LogP contribution >= 0.6 is 0 Å². The fourth-order valence-electron chi connectivity index (χ4n) is 4.07. The number of hydrogen-bond donors (Lipinski definition) is 1. The SMILES string of the molecule is COC1CCC[C@H]2C1=C(C(=O)[O-])N1C(=O)[C@@H](C(C)O)C21.[Na+]. The molecule has 3 unspecified atom stereocenters. The number of carboxylic acid groups (broad SMARTS) is 1. The summed E-state index contributed by atoms with van der Waals surface area (Å²) in [7, 11) is 1.55. The van der Waals surface area contributed by atoms with E-state index in [1.807, 2.05) is 0 Å². The maximum Gasteiger partial charge on any atom is 1.00 e. The van der Waals surface area contributed by atoms with Crippen LogP contribution in [-0.4, -0.2) is 47.2 Å². The zero-order chi connectivity index (χ0) is 14.6. The van der Waals surface area contributed by atoms with E-state index in [0.717, 1.165) is 19.3 Å². The molecule has 6 nitrogen and oxygen atoms in total. The molecule has 2 aliphatic heterocycles. The first-order valence-corrected chi connectivity index (χ1v) is 6.98. The van der Waals surface area contributed by atoms with E-state index in [1.165, 1.54) is 4.90 Å². The minimum absolute atomic E-state index is 0. The molecule has 5 atom stereocenters. The standard InChI is InChI=1S/C14H19NO5.Na/c1-6(16)9-11-7-4-3-5-8(20-2)10(7)12(14(18)19)15(11)13(9)17;/h6-9,11,16H,3-5H2,1-2H3,(H,18,19);/q;+1/p-1/t6?,7-,8?,9-,11?;/m0./s1. The Morgan fingerprint density at radius 3 is 2.67 bits per heavy atom. The van der Waals surface area contributed by atoms with Gasteiger partial charge in [0.25, 0.3) is 0 Å². The molecule has 0 radical (unpaired) electrons. The molecule has 3 aliphatic rings. The summed E-state index contributed by atoms with van der Waals surface area (Å²) in [6.45, 7) is 1.58. The Balaban J connectivity index is 0.00000161. The van der Waals surface area contributed by atoms with Crippen LogP contribution in [0, 0.1) is 11.8 Å². The first-order chi connectivity index (χ1) is 9.49. The molecule has 2 heterocycles. The van der Waals surface area contributed by atoms with E-state index in [2.05, 4.69) is 0 Å². The van der Waals surface area contributed by atoms with E-state index in [4.69, 9.17) is 4.74 Å². The monoisotopic (exact) mass is 303 g/mol. The van der Waals surface area contributed by atoms with E-state index in [-0.39, 0.29) is 59.2 Å². The molecule has 2 fully saturated rings. The van der Waals surface area contributed by atoms with E-state index in [1.54, 1.807) is 14.0 Å². The first-order valence-electron chi connectivity index (χ1n) is 6.98. The van der Waals surface area contributed by atoms with Gasteiger partial charge in [0.05, 0.1) is 35.8 Å². The van der Waals surface area contributed by atoms with Crippen molar-refractivity contribution in [2.45, 2.75) is 44.4 Å². The number of β-lactam (4-membered cyclic amide) rings is 1. The smallest absolute Gasteiger partial charge is 0.543 e. The Kier molecular flexibility index (Phi) is 4.85. The van der Waals surface area contributed by atoms with Gasteiger partial charge >= 0.3 is 29.6 Å². The van der Waals surface area contributed by atoms with Crippen molar-refractivity contribution < 1.29 is 54.1 Å². The summed E-state index contributed by atoms with van der Waals surface area (Å²) < 4.78 is 5.39. The molecule has 1 amide bonds. The quantitative estimate of drug-likeness (QED) is 0.424. The van der Waals surface area contributed by atoms with Gasteiger partial charge in [0.1, 0.15) is 0 Å². The third kappa shape index (κ3) is 2.28. The number of amides is 1. The summed E-state index contributed by atoms with van der Waals surface area (Å²) in [5.41, 5.74) is 0.661. The van der Waals surface area contributed by atoms with Gasteiger partial charge in [-0.3, -0.25) is 4.79 Å². The molecule has 7 heteroatoms. The molecule has 0 spiro atoms. The van der Waals surface area contributed by atoms with Crippen molar-refractivity contribution in [2.24, 2.45) is 11.8 Å². The van der Waals surface area contributed by atoms with Crippen molar-refractivity contribution in [1.29, 1.82) is 0 Å². The molecule has 0 aromatic heterocycles. The van der Waals surface area contributed by atoms with Crippen LogP contribution in [0.5, 0.6) is 0 Å². The summed E-state index contributed by atoms with van der Waals surface area (Å²) in [5.74, 6) is -2.18. The Labute approximate surface area is 145 Å². The van der Waals surface area contributed by atoms with Crippen molar-refractivity contribution in [1.82, 2.24) is 4.90 Å². The Bertz CT molecular complexity index is 504. The zero-order valence-electron chi connectivity index (χ0n) is 12.5. The van der Waals surface area contributed by atoms with Crippen molar-refractivity contribution in [3.8, 4) is 0 Å². The molecular formula is C14H18NNaO5. The third-order valence-electron chi connectivity index (χ3n) is 4.84. The zero-order valence-corrected chi connectivity index (χ0v) is 14.5. The summed E-state index contributed by atoms with van der Waals surface area (Å²) in [5, 5.41) is 21.2. The second-order valence-corrected chi connectivity index (χ2v) is 5.82. The number of carbonyl (C=O) groups excluding carboxylic acids is 2. The van der Waals surface area contributed by atoms with Crippen molar-refractivity contribution in [2.75, 3.05) is 7.11 Å². The van der Waals surface area contributed by atoms with E-state index in [0.29, 0.717) is 5.57 Å². The maximum absolute atomic E-state index is 12.1. The minimum atomic E-state index is -1.33. The fourth-order valence-corrected chi connectivity index (χ4v) is 4.07. The molecule has 0 aromatic rings. The van der Waals surface area contributed by atoms with Crippen LogP contribution in [0.15, 0.2) is 11.3 Å². The second kappa shape index (κ2) is 6.01. The molecule has 1 saturated heterocycles. The van der Waals surface area contributed by atoms with Crippen LogP contribution in [0.3, 0.4) is 0 Å². The summed E-state index contributed by atoms with van der Waals surface area (Å²) >= 11 is 0. The molecular weight excluding hydrogens is 285 g/mol.